The zero-order valence-corrected chi connectivity index (χ0v) is 13.1. The number of rotatable bonds is 10. The van der Waals surface area contributed by atoms with Crippen LogP contribution < -0.4 is 5.32 Å². The van der Waals surface area contributed by atoms with Crippen molar-refractivity contribution in [3.8, 4) is 0 Å². The van der Waals surface area contributed by atoms with Crippen LogP contribution in [-0.2, 0) is 11.3 Å². The summed E-state index contributed by atoms with van der Waals surface area (Å²) in [6.07, 6.45) is 2.44. The largest absolute Gasteiger partial charge is 0.445 e. The molecule has 0 saturated carbocycles. The predicted octanol–water partition coefficient (Wildman–Crippen LogP) is 3.36. The number of amides is 1. The highest BCUT2D eigenvalue weighted by Gasteiger charge is 2.18. The Labute approximate surface area is 134 Å². The summed E-state index contributed by atoms with van der Waals surface area (Å²) in [5.74, 6) is 0.576. The first kappa shape index (κ1) is 18.2. The van der Waals surface area contributed by atoms with Crippen LogP contribution in [0.3, 0.4) is 0 Å². The van der Waals surface area contributed by atoms with Gasteiger partial charge in [0.05, 0.1) is 6.04 Å². The van der Waals surface area contributed by atoms with Crippen molar-refractivity contribution in [2.75, 3.05) is 12.4 Å². The number of nitro groups is 1. The maximum Gasteiger partial charge on any atom is 0.407 e. The molecule has 1 rings (SSSR count). The number of carbonyl (C=O) groups is 1. The lowest BCUT2D eigenvalue weighted by Crippen LogP contribution is -2.40. The average molecular weight is 329 g/mol. The molecule has 1 aromatic rings. The zero-order valence-electron chi connectivity index (χ0n) is 12.4. The fraction of sp³-hybridized carbons (Fsp3) is 0.533. The summed E-state index contributed by atoms with van der Waals surface area (Å²) in [7, 11) is 0. The van der Waals surface area contributed by atoms with E-state index in [0.717, 1.165) is 24.8 Å². The predicted molar refractivity (Wildman–Crippen MR) is 84.6 cm³/mol. The van der Waals surface area contributed by atoms with Gasteiger partial charge in [-0.25, -0.2) is 4.79 Å². The Morgan fingerprint density at radius 3 is 2.64 bits per heavy atom. The van der Waals surface area contributed by atoms with E-state index in [1.807, 2.05) is 30.3 Å². The van der Waals surface area contributed by atoms with Gasteiger partial charge in [0.25, 0.3) is 0 Å². The molecule has 0 aliphatic rings. The highest BCUT2D eigenvalue weighted by Crippen LogP contribution is 2.06. The van der Waals surface area contributed by atoms with Crippen molar-refractivity contribution in [2.45, 2.75) is 38.3 Å². The average Bonchev–Trinajstić information content (AvgIpc) is 2.50. The number of unbranched alkanes of at least 4 members (excludes halogenated alkanes) is 2. The molecule has 0 heterocycles. The Morgan fingerprint density at radius 1 is 1.27 bits per heavy atom. The van der Waals surface area contributed by atoms with Gasteiger partial charge in [0.1, 0.15) is 6.61 Å². The van der Waals surface area contributed by atoms with Gasteiger partial charge in [-0.2, -0.15) is 0 Å². The summed E-state index contributed by atoms with van der Waals surface area (Å²) < 4.78 is 5.07. The third-order valence-electron chi connectivity index (χ3n) is 3.09. The number of benzene rings is 1. The van der Waals surface area contributed by atoms with E-state index in [9.17, 15) is 14.9 Å². The van der Waals surface area contributed by atoms with Gasteiger partial charge in [0.15, 0.2) is 0 Å². The lowest BCUT2D eigenvalue weighted by Gasteiger charge is -2.15. The van der Waals surface area contributed by atoms with E-state index in [4.69, 9.17) is 16.3 Å². The van der Waals surface area contributed by atoms with Gasteiger partial charge in [0.2, 0.25) is 6.54 Å². The number of alkyl carbamates (subject to hydrolysis) is 1. The smallest absolute Gasteiger partial charge is 0.407 e. The van der Waals surface area contributed by atoms with Gasteiger partial charge in [0, 0.05) is 10.8 Å². The van der Waals surface area contributed by atoms with E-state index in [-0.39, 0.29) is 13.2 Å². The van der Waals surface area contributed by atoms with Crippen LogP contribution in [0.2, 0.25) is 0 Å². The monoisotopic (exact) mass is 328 g/mol. The Kier molecular flexibility index (Phi) is 8.98. The second-order valence-corrected chi connectivity index (χ2v) is 5.33. The van der Waals surface area contributed by atoms with Crippen LogP contribution in [0.4, 0.5) is 4.79 Å². The Balaban J connectivity index is 2.35. The Morgan fingerprint density at radius 2 is 2.00 bits per heavy atom. The Hall–Kier alpha value is -1.82. The number of halogens is 1. The van der Waals surface area contributed by atoms with Crippen LogP contribution in [0.1, 0.15) is 31.2 Å². The number of nitrogens with zero attached hydrogens (tertiary/aromatic N) is 1. The standard InChI is InChI=1S/C15H21ClN2O4/c16-10-6-2-5-9-14(11-18(20)21)17-15(19)22-12-13-7-3-1-4-8-13/h1,3-4,7-8,14H,2,5-6,9-12H2,(H,17,19). The third-order valence-corrected chi connectivity index (χ3v) is 3.36. The van der Waals surface area contributed by atoms with Crippen molar-refractivity contribution in [2.24, 2.45) is 0 Å². The van der Waals surface area contributed by atoms with Crippen molar-refractivity contribution < 1.29 is 14.5 Å². The van der Waals surface area contributed by atoms with Crippen molar-refractivity contribution in [3.63, 3.8) is 0 Å². The van der Waals surface area contributed by atoms with Gasteiger partial charge >= 0.3 is 6.09 Å². The van der Waals surface area contributed by atoms with Gasteiger partial charge in [-0.1, -0.05) is 43.2 Å². The molecule has 0 spiro atoms. The topological polar surface area (TPSA) is 81.5 Å². The molecule has 1 unspecified atom stereocenters. The van der Waals surface area contributed by atoms with Crippen molar-refractivity contribution in [1.29, 1.82) is 0 Å². The molecule has 0 fully saturated rings. The number of hydrogen-bond acceptors (Lipinski definition) is 4. The van der Waals surface area contributed by atoms with Crippen LogP contribution in [-0.4, -0.2) is 29.5 Å². The molecule has 0 aromatic heterocycles. The number of hydrogen-bond donors (Lipinski definition) is 1. The molecule has 0 saturated heterocycles. The summed E-state index contributed by atoms with van der Waals surface area (Å²) in [5, 5.41) is 13.2. The van der Waals surface area contributed by atoms with Crippen molar-refractivity contribution in [3.05, 3.63) is 46.0 Å². The van der Waals surface area contributed by atoms with Crippen LogP contribution in [0.15, 0.2) is 30.3 Å². The van der Waals surface area contributed by atoms with Gasteiger partial charge < -0.3 is 10.1 Å². The van der Waals surface area contributed by atoms with Crippen LogP contribution in [0.25, 0.3) is 0 Å². The minimum absolute atomic E-state index is 0.143. The maximum absolute atomic E-state index is 11.7. The lowest BCUT2D eigenvalue weighted by molar-refractivity contribution is -0.483. The van der Waals surface area contributed by atoms with Crippen LogP contribution >= 0.6 is 11.6 Å². The summed E-state index contributed by atoms with van der Waals surface area (Å²) >= 11 is 5.59. The summed E-state index contributed by atoms with van der Waals surface area (Å²) in [5.41, 5.74) is 0.866. The quantitative estimate of drug-likeness (QED) is 0.309. The molecule has 1 aromatic carbocycles. The van der Waals surface area contributed by atoms with E-state index < -0.39 is 17.1 Å². The SMILES string of the molecule is O=C(NC(CCCCCCl)C[N+](=O)[O-])OCc1ccccc1. The molecule has 0 aliphatic heterocycles. The van der Waals surface area contributed by atoms with Gasteiger partial charge in [-0.15, -0.1) is 11.6 Å². The van der Waals surface area contributed by atoms with Crippen molar-refractivity contribution >= 4 is 17.7 Å². The fourth-order valence-electron chi connectivity index (χ4n) is 1.98. The van der Waals surface area contributed by atoms with Gasteiger partial charge in [-0.3, -0.25) is 10.1 Å². The molecule has 22 heavy (non-hydrogen) atoms. The Bertz CT molecular complexity index is 456. The molecule has 7 heteroatoms. The van der Waals surface area contributed by atoms with Crippen molar-refractivity contribution in [1.82, 2.24) is 5.32 Å². The minimum atomic E-state index is -0.631. The second-order valence-electron chi connectivity index (χ2n) is 4.96. The lowest BCUT2D eigenvalue weighted by atomic mass is 10.1. The number of carbonyl (C=O) groups excluding carboxylic acids is 1. The molecule has 122 valence electrons. The molecule has 1 atom stereocenters. The molecule has 0 radical (unpaired) electrons. The van der Waals surface area contributed by atoms with E-state index >= 15 is 0 Å². The molecule has 1 N–H and O–H groups in total. The molecule has 0 aliphatic carbocycles. The van der Waals surface area contributed by atoms with E-state index in [1.54, 1.807) is 0 Å². The van der Waals surface area contributed by atoms with E-state index in [0.29, 0.717) is 12.3 Å². The molecular formula is C15H21ClN2O4. The second kappa shape index (κ2) is 10.8. The van der Waals surface area contributed by atoms with E-state index in [1.165, 1.54) is 0 Å². The fourth-order valence-corrected chi connectivity index (χ4v) is 2.17. The minimum Gasteiger partial charge on any atom is -0.445 e. The highest BCUT2D eigenvalue weighted by molar-refractivity contribution is 6.17. The van der Waals surface area contributed by atoms with Crippen LogP contribution in [0, 0.1) is 10.1 Å². The number of alkyl halides is 1. The molecular weight excluding hydrogens is 308 g/mol. The third kappa shape index (κ3) is 8.46. The molecule has 0 bridgehead atoms. The highest BCUT2D eigenvalue weighted by atomic mass is 35.5. The number of ether oxygens (including phenoxy) is 1. The normalized spacial score (nSPS) is 11.7. The first-order valence-electron chi connectivity index (χ1n) is 7.26. The maximum atomic E-state index is 11.7. The van der Waals surface area contributed by atoms with Crippen LogP contribution in [0.5, 0.6) is 0 Å². The molecule has 1 amide bonds. The first-order valence-corrected chi connectivity index (χ1v) is 7.80. The van der Waals surface area contributed by atoms with Gasteiger partial charge in [-0.05, 0) is 18.4 Å². The zero-order chi connectivity index (χ0) is 16.2. The van der Waals surface area contributed by atoms with E-state index in [2.05, 4.69) is 5.32 Å². The first-order chi connectivity index (χ1) is 10.6. The summed E-state index contributed by atoms with van der Waals surface area (Å²) in [6, 6.07) is 8.74. The number of nitrogens with one attached hydrogen (secondary N) is 1. The summed E-state index contributed by atoms with van der Waals surface area (Å²) in [4.78, 5) is 21.9. The summed E-state index contributed by atoms with van der Waals surface area (Å²) in [6.45, 7) is -0.161. The molecule has 6 nitrogen and oxygen atoms in total.